The Morgan fingerprint density at radius 1 is 1.47 bits per heavy atom. The number of nitrogens with one attached hydrogen (secondary N) is 1. The highest BCUT2D eigenvalue weighted by Crippen LogP contribution is 1.99. The number of rotatable bonds is 6. The number of hydrogen-bond donors (Lipinski definition) is 2. The third kappa shape index (κ3) is 4.20. The molecule has 6 heteroatoms. The van der Waals surface area contributed by atoms with Gasteiger partial charge in [0.05, 0.1) is 5.56 Å². The molecular weight excluding hydrogens is 222 g/mol. The number of nitrogens with zero attached hydrogens (tertiary/aromatic N) is 1. The van der Waals surface area contributed by atoms with Crippen LogP contribution in [0.15, 0.2) is 18.3 Å². The van der Waals surface area contributed by atoms with Crippen molar-refractivity contribution in [1.82, 2.24) is 10.3 Å². The number of carbonyl (C=O) groups excluding carboxylic acids is 2. The van der Waals surface area contributed by atoms with Gasteiger partial charge in [-0.25, -0.2) is 0 Å². The van der Waals surface area contributed by atoms with Crippen LogP contribution in [0.25, 0.3) is 0 Å². The van der Waals surface area contributed by atoms with Gasteiger partial charge in [-0.15, -0.1) is 0 Å². The van der Waals surface area contributed by atoms with Gasteiger partial charge in [0.15, 0.2) is 0 Å². The van der Waals surface area contributed by atoms with E-state index < -0.39 is 5.91 Å². The fraction of sp³-hybridized carbons (Fsp3) is 0.364. The van der Waals surface area contributed by atoms with Crippen molar-refractivity contribution >= 4 is 11.8 Å². The van der Waals surface area contributed by atoms with Gasteiger partial charge in [-0.2, -0.15) is 0 Å². The zero-order valence-electron chi connectivity index (χ0n) is 9.60. The number of pyridine rings is 1. The highest BCUT2D eigenvalue weighted by Gasteiger charge is 2.07. The molecule has 0 aliphatic heterocycles. The van der Waals surface area contributed by atoms with Crippen LogP contribution in [0.1, 0.15) is 27.3 Å². The molecule has 0 aliphatic carbocycles. The lowest BCUT2D eigenvalue weighted by Gasteiger charge is -2.04. The molecule has 0 aliphatic rings. The lowest BCUT2D eigenvalue weighted by molar-refractivity contribution is 0.0944. The van der Waals surface area contributed by atoms with Crippen molar-refractivity contribution in [2.24, 2.45) is 5.73 Å². The van der Waals surface area contributed by atoms with Crippen molar-refractivity contribution in [3.05, 3.63) is 29.6 Å². The van der Waals surface area contributed by atoms with Crippen LogP contribution in [-0.2, 0) is 4.74 Å². The third-order valence-corrected chi connectivity index (χ3v) is 2.09. The monoisotopic (exact) mass is 237 g/mol. The molecule has 92 valence electrons. The molecule has 0 saturated heterocycles. The summed E-state index contributed by atoms with van der Waals surface area (Å²) in [6.07, 6.45) is 2.07. The van der Waals surface area contributed by atoms with Gasteiger partial charge in [-0.1, -0.05) is 0 Å². The number of hydrogen-bond acceptors (Lipinski definition) is 4. The Bertz CT molecular complexity index is 389. The molecular formula is C11H15N3O3. The SMILES string of the molecule is COCCCNC(=O)c1ccc(C(N)=O)nc1. The summed E-state index contributed by atoms with van der Waals surface area (Å²) in [4.78, 5) is 26.1. The second-order valence-electron chi connectivity index (χ2n) is 3.40. The van der Waals surface area contributed by atoms with Gasteiger partial charge in [0.1, 0.15) is 5.69 Å². The van der Waals surface area contributed by atoms with Gasteiger partial charge in [-0.05, 0) is 18.6 Å². The molecule has 1 rings (SSSR count). The first-order chi connectivity index (χ1) is 8.15. The van der Waals surface area contributed by atoms with E-state index in [-0.39, 0.29) is 11.6 Å². The summed E-state index contributed by atoms with van der Waals surface area (Å²) in [6.45, 7) is 1.13. The molecule has 0 fully saturated rings. The molecule has 0 aromatic carbocycles. The normalized spacial score (nSPS) is 9.94. The van der Waals surface area contributed by atoms with Crippen LogP contribution in [0.3, 0.4) is 0 Å². The molecule has 1 aromatic rings. The predicted octanol–water partition coefficient (Wildman–Crippen LogP) is -0.0532. The van der Waals surface area contributed by atoms with Crippen LogP contribution < -0.4 is 11.1 Å². The molecule has 0 saturated carbocycles. The van der Waals surface area contributed by atoms with Crippen molar-refractivity contribution in [3.8, 4) is 0 Å². The minimum atomic E-state index is -0.614. The van der Waals surface area contributed by atoms with E-state index in [2.05, 4.69) is 10.3 Å². The molecule has 1 aromatic heterocycles. The number of aromatic nitrogens is 1. The van der Waals surface area contributed by atoms with Crippen molar-refractivity contribution in [2.45, 2.75) is 6.42 Å². The van der Waals surface area contributed by atoms with E-state index in [9.17, 15) is 9.59 Å². The average Bonchev–Trinajstić information content (AvgIpc) is 2.34. The van der Waals surface area contributed by atoms with E-state index in [0.29, 0.717) is 18.7 Å². The third-order valence-electron chi connectivity index (χ3n) is 2.09. The average molecular weight is 237 g/mol. The summed E-state index contributed by atoms with van der Waals surface area (Å²) in [6, 6.07) is 2.94. The largest absolute Gasteiger partial charge is 0.385 e. The van der Waals surface area contributed by atoms with Crippen molar-refractivity contribution in [1.29, 1.82) is 0 Å². The van der Waals surface area contributed by atoms with Gasteiger partial charge in [-0.3, -0.25) is 14.6 Å². The quantitative estimate of drug-likeness (QED) is 0.678. The maximum absolute atomic E-state index is 11.6. The molecule has 2 amide bonds. The molecule has 0 spiro atoms. The highest BCUT2D eigenvalue weighted by molar-refractivity contribution is 5.95. The maximum Gasteiger partial charge on any atom is 0.267 e. The number of ether oxygens (including phenoxy) is 1. The van der Waals surface area contributed by atoms with Gasteiger partial charge in [0.25, 0.3) is 11.8 Å². The summed E-state index contributed by atoms with van der Waals surface area (Å²) in [5, 5.41) is 2.71. The Balaban J connectivity index is 2.49. The highest BCUT2D eigenvalue weighted by atomic mass is 16.5. The predicted molar refractivity (Wildman–Crippen MR) is 61.6 cm³/mol. The second kappa shape index (κ2) is 6.59. The van der Waals surface area contributed by atoms with Crippen LogP contribution in [0.2, 0.25) is 0 Å². The standard InChI is InChI=1S/C11H15N3O3/c1-17-6-2-5-13-11(16)8-3-4-9(10(12)15)14-7-8/h3-4,7H,2,5-6H2,1H3,(H2,12,15)(H,13,16). The Hall–Kier alpha value is -1.95. The van der Waals surface area contributed by atoms with Gasteiger partial charge in [0.2, 0.25) is 0 Å². The lowest BCUT2D eigenvalue weighted by Crippen LogP contribution is -2.25. The maximum atomic E-state index is 11.6. The Labute approximate surface area is 99.2 Å². The van der Waals surface area contributed by atoms with E-state index in [0.717, 1.165) is 6.42 Å². The van der Waals surface area contributed by atoms with Gasteiger partial charge in [0, 0.05) is 26.5 Å². The van der Waals surface area contributed by atoms with Crippen molar-refractivity contribution in [2.75, 3.05) is 20.3 Å². The van der Waals surface area contributed by atoms with Crippen LogP contribution in [-0.4, -0.2) is 37.1 Å². The summed E-state index contributed by atoms with van der Waals surface area (Å²) in [5.74, 6) is -0.846. The van der Waals surface area contributed by atoms with Crippen LogP contribution in [0.4, 0.5) is 0 Å². The molecule has 0 radical (unpaired) electrons. The summed E-state index contributed by atoms with van der Waals surface area (Å²) in [7, 11) is 1.61. The first-order valence-corrected chi connectivity index (χ1v) is 5.18. The van der Waals surface area contributed by atoms with E-state index in [1.807, 2.05) is 0 Å². The minimum Gasteiger partial charge on any atom is -0.385 e. The van der Waals surface area contributed by atoms with Gasteiger partial charge >= 0.3 is 0 Å². The number of carbonyl (C=O) groups is 2. The fourth-order valence-corrected chi connectivity index (χ4v) is 1.19. The zero-order chi connectivity index (χ0) is 12.7. The Morgan fingerprint density at radius 2 is 2.24 bits per heavy atom. The van der Waals surface area contributed by atoms with Crippen molar-refractivity contribution in [3.63, 3.8) is 0 Å². The Morgan fingerprint density at radius 3 is 2.76 bits per heavy atom. The van der Waals surface area contributed by atoms with Crippen LogP contribution in [0.5, 0.6) is 0 Å². The number of nitrogens with two attached hydrogens (primary N) is 1. The molecule has 17 heavy (non-hydrogen) atoms. The van der Waals surface area contributed by atoms with Crippen molar-refractivity contribution < 1.29 is 14.3 Å². The van der Waals surface area contributed by atoms with E-state index >= 15 is 0 Å². The zero-order valence-corrected chi connectivity index (χ0v) is 9.60. The van der Waals surface area contributed by atoms with Gasteiger partial charge < -0.3 is 15.8 Å². The first kappa shape index (κ1) is 13.1. The number of amides is 2. The smallest absolute Gasteiger partial charge is 0.267 e. The van der Waals surface area contributed by atoms with Crippen LogP contribution in [0, 0.1) is 0 Å². The molecule has 6 nitrogen and oxygen atoms in total. The molecule has 0 unspecified atom stereocenters. The summed E-state index contributed by atoms with van der Waals surface area (Å²) >= 11 is 0. The minimum absolute atomic E-state index is 0.140. The summed E-state index contributed by atoms with van der Waals surface area (Å²) in [5.41, 5.74) is 5.57. The van der Waals surface area contributed by atoms with E-state index in [1.54, 1.807) is 7.11 Å². The van der Waals surface area contributed by atoms with E-state index in [1.165, 1.54) is 18.3 Å². The summed E-state index contributed by atoms with van der Waals surface area (Å²) < 4.78 is 4.86. The second-order valence-corrected chi connectivity index (χ2v) is 3.40. The van der Waals surface area contributed by atoms with Crippen LogP contribution >= 0.6 is 0 Å². The topological polar surface area (TPSA) is 94.3 Å². The van der Waals surface area contributed by atoms with E-state index in [4.69, 9.17) is 10.5 Å². The molecule has 0 bridgehead atoms. The molecule has 0 atom stereocenters. The fourth-order valence-electron chi connectivity index (χ4n) is 1.19. The lowest BCUT2D eigenvalue weighted by atomic mass is 10.2. The molecule has 1 heterocycles. The first-order valence-electron chi connectivity index (χ1n) is 5.18. The Kier molecular flexibility index (Phi) is 5.09. The number of primary amides is 1. The molecule has 3 N–H and O–H groups in total. The number of methoxy groups -OCH3 is 1.